The standard InChI is InChI=1S/C24H17F2N3O2S/c1-29-12-18(16-6-9-28-22(16)23(29)30)17-11-15(32-24(13-27)7-8-24)3-5-20(17)31-21-4-2-14(25)10-19(21)26/h2-6,9-12,28H,7-8H2,1H3. The number of fused-ring (bicyclic) bond motifs is 1. The molecule has 0 atom stereocenters. The molecule has 0 spiro atoms. The van der Waals surface area contributed by atoms with Crippen LogP contribution in [0.3, 0.4) is 0 Å². The number of halogens is 2. The first-order valence-corrected chi connectivity index (χ1v) is 10.8. The number of hydrogen-bond donors (Lipinski definition) is 1. The molecular formula is C24H17F2N3O2S. The number of nitrogens with zero attached hydrogens (tertiary/aromatic N) is 2. The van der Waals surface area contributed by atoms with E-state index < -0.39 is 16.4 Å². The summed E-state index contributed by atoms with van der Waals surface area (Å²) in [5.74, 6) is -1.27. The summed E-state index contributed by atoms with van der Waals surface area (Å²) in [6, 6.07) is 12.7. The number of pyridine rings is 1. The smallest absolute Gasteiger partial charge is 0.274 e. The van der Waals surface area contributed by atoms with Crippen molar-refractivity contribution in [1.29, 1.82) is 5.26 Å². The Kier molecular flexibility index (Phi) is 4.79. The van der Waals surface area contributed by atoms with Crippen LogP contribution in [0.2, 0.25) is 0 Å². The van der Waals surface area contributed by atoms with Gasteiger partial charge in [0, 0.05) is 46.9 Å². The third-order valence-electron chi connectivity index (χ3n) is 5.47. The second kappa shape index (κ2) is 7.53. The molecule has 1 N–H and O–H groups in total. The summed E-state index contributed by atoms with van der Waals surface area (Å²) in [4.78, 5) is 16.3. The van der Waals surface area contributed by atoms with E-state index in [2.05, 4.69) is 11.1 Å². The molecule has 0 radical (unpaired) electrons. The van der Waals surface area contributed by atoms with Crippen LogP contribution in [0.1, 0.15) is 12.8 Å². The minimum absolute atomic E-state index is 0.112. The number of ether oxygens (including phenoxy) is 1. The van der Waals surface area contributed by atoms with Crippen molar-refractivity contribution in [2.45, 2.75) is 22.5 Å². The largest absolute Gasteiger partial charge is 0.454 e. The molecule has 2 aromatic heterocycles. The predicted octanol–water partition coefficient (Wildman–Crippen LogP) is 5.75. The Balaban J connectivity index is 1.68. The highest BCUT2D eigenvalue weighted by Gasteiger charge is 2.44. The van der Waals surface area contributed by atoms with Crippen molar-refractivity contribution >= 4 is 22.7 Å². The lowest BCUT2D eigenvalue weighted by Gasteiger charge is -2.16. The van der Waals surface area contributed by atoms with Gasteiger partial charge in [-0.25, -0.2) is 8.78 Å². The summed E-state index contributed by atoms with van der Waals surface area (Å²) >= 11 is 1.48. The van der Waals surface area contributed by atoms with Gasteiger partial charge in [-0.3, -0.25) is 4.79 Å². The Hall–Kier alpha value is -3.57. The summed E-state index contributed by atoms with van der Waals surface area (Å²) in [5, 5.41) is 10.2. The van der Waals surface area contributed by atoms with Gasteiger partial charge in [0.1, 0.15) is 21.8 Å². The maximum atomic E-state index is 14.3. The van der Waals surface area contributed by atoms with E-state index in [1.54, 1.807) is 31.6 Å². The van der Waals surface area contributed by atoms with Gasteiger partial charge in [-0.2, -0.15) is 5.26 Å². The van der Waals surface area contributed by atoms with Gasteiger partial charge in [0.05, 0.1) is 6.07 Å². The summed E-state index contributed by atoms with van der Waals surface area (Å²) in [6.45, 7) is 0. The van der Waals surface area contributed by atoms with Gasteiger partial charge in [-0.05, 0) is 49.2 Å². The Morgan fingerprint density at radius 2 is 1.91 bits per heavy atom. The van der Waals surface area contributed by atoms with E-state index in [0.29, 0.717) is 27.8 Å². The number of hydrogen-bond acceptors (Lipinski definition) is 4. The molecule has 2 aromatic carbocycles. The van der Waals surface area contributed by atoms with Crippen molar-refractivity contribution in [3.8, 4) is 28.7 Å². The molecule has 0 amide bonds. The fourth-order valence-electron chi connectivity index (χ4n) is 3.61. The van der Waals surface area contributed by atoms with Crippen molar-refractivity contribution in [1.82, 2.24) is 9.55 Å². The first-order valence-electron chi connectivity index (χ1n) is 9.93. The maximum absolute atomic E-state index is 14.3. The number of aromatic nitrogens is 2. The van der Waals surface area contributed by atoms with Gasteiger partial charge in [-0.15, -0.1) is 11.8 Å². The summed E-state index contributed by atoms with van der Waals surface area (Å²) < 4.78 is 34.5. The molecule has 0 saturated heterocycles. The highest BCUT2D eigenvalue weighted by Crippen LogP contribution is 2.52. The normalized spacial score (nSPS) is 14.3. The minimum atomic E-state index is -0.817. The van der Waals surface area contributed by atoms with E-state index in [1.807, 2.05) is 12.1 Å². The van der Waals surface area contributed by atoms with Gasteiger partial charge in [-0.1, -0.05) is 0 Å². The molecule has 1 aliphatic rings. The number of nitriles is 1. The topological polar surface area (TPSA) is 70.8 Å². The number of aryl methyl sites for hydroxylation is 1. The van der Waals surface area contributed by atoms with Gasteiger partial charge >= 0.3 is 0 Å². The highest BCUT2D eigenvalue weighted by atomic mass is 32.2. The van der Waals surface area contributed by atoms with Crippen LogP contribution in [0, 0.1) is 23.0 Å². The highest BCUT2D eigenvalue weighted by molar-refractivity contribution is 8.01. The first-order chi connectivity index (χ1) is 15.4. The lowest BCUT2D eigenvalue weighted by atomic mass is 10.0. The number of thioether (sulfide) groups is 1. The molecule has 5 nitrogen and oxygen atoms in total. The van der Waals surface area contributed by atoms with Gasteiger partial charge in [0.2, 0.25) is 0 Å². The fourth-order valence-corrected chi connectivity index (χ4v) is 4.72. The van der Waals surface area contributed by atoms with Crippen molar-refractivity contribution in [3.05, 3.63) is 76.8 Å². The van der Waals surface area contributed by atoms with Crippen molar-refractivity contribution < 1.29 is 13.5 Å². The molecule has 2 heterocycles. The monoisotopic (exact) mass is 449 g/mol. The average Bonchev–Trinajstić information content (AvgIpc) is 3.37. The third-order valence-corrected chi connectivity index (χ3v) is 6.85. The average molecular weight is 449 g/mol. The molecule has 1 fully saturated rings. The Morgan fingerprint density at radius 1 is 1.12 bits per heavy atom. The van der Waals surface area contributed by atoms with Crippen LogP contribution in [0.5, 0.6) is 11.5 Å². The van der Waals surface area contributed by atoms with Crippen molar-refractivity contribution in [3.63, 3.8) is 0 Å². The van der Waals surface area contributed by atoms with Gasteiger partial charge in [0.15, 0.2) is 11.6 Å². The number of aromatic amines is 1. The van der Waals surface area contributed by atoms with E-state index in [1.165, 1.54) is 22.4 Å². The predicted molar refractivity (Wildman–Crippen MR) is 119 cm³/mol. The number of rotatable bonds is 5. The van der Waals surface area contributed by atoms with Crippen LogP contribution in [0.4, 0.5) is 8.78 Å². The Morgan fingerprint density at radius 3 is 2.62 bits per heavy atom. The summed E-state index contributed by atoms with van der Waals surface area (Å²) in [5.41, 5.74) is 1.61. The van der Waals surface area contributed by atoms with Crippen LogP contribution >= 0.6 is 11.8 Å². The van der Waals surface area contributed by atoms with Gasteiger partial charge in [0.25, 0.3) is 5.56 Å². The van der Waals surface area contributed by atoms with E-state index in [-0.39, 0.29) is 11.3 Å². The quantitative estimate of drug-likeness (QED) is 0.421. The van der Waals surface area contributed by atoms with E-state index in [0.717, 1.165) is 29.9 Å². The molecule has 5 rings (SSSR count). The molecule has 0 aliphatic heterocycles. The van der Waals surface area contributed by atoms with E-state index >= 15 is 0 Å². The van der Waals surface area contributed by atoms with Crippen LogP contribution in [0.25, 0.3) is 22.0 Å². The second-order valence-corrected chi connectivity index (χ2v) is 9.23. The molecule has 0 bridgehead atoms. The molecule has 8 heteroatoms. The van der Waals surface area contributed by atoms with Crippen LogP contribution in [-0.2, 0) is 7.05 Å². The number of benzene rings is 2. The fraction of sp³-hybridized carbons (Fsp3) is 0.167. The third kappa shape index (κ3) is 3.55. The molecule has 1 aliphatic carbocycles. The molecule has 4 aromatic rings. The van der Waals surface area contributed by atoms with Crippen molar-refractivity contribution in [2.24, 2.45) is 7.05 Å². The number of nitrogens with one attached hydrogen (secondary N) is 1. The zero-order valence-corrected chi connectivity index (χ0v) is 17.8. The first kappa shape index (κ1) is 20.3. The molecular weight excluding hydrogens is 432 g/mol. The van der Waals surface area contributed by atoms with E-state index in [9.17, 15) is 18.8 Å². The van der Waals surface area contributed by atoms with Crippen LogP contribution in [0.15, 0.2) is 64.5 Å². The minimum Gasteiger partial charge on any atom is -0.454 e. The Labute approximate surface area is 186 Å². The lowest BCUT2D eigenvalue weighted by Crippen LogP contribution is -2.16. The molecule has 1 saturated carbocycles. The zero-order valence-electron chi connectivity index (χ0n) is 17.0. The lowest BCUT2D eigenvalue weighted by molar-refractivity contribution is 0.439. The SMILES string of the molecule is Cn1cc(-c2cc(SC3(C#N)CC3)ccc2Oc2ccc(F)cc2F)c2cc[nH]c2c1=O. The second-order valence-electron chi connectivity index (χ2n) is 7.77. The Bertz CT molecular complexity index is 1460. The summed E-state index contributed by atoms with van der Waals surface area (Å²) in [7, 11) is 1.65. The van der Waals surface area contributed by atoms with Crippen molar-refractivity contribution in [2.75, 3.05) is 0 Å². The van der Waals surface area contributed by atoms with Crippen LogP contribution in [-0.4, -0.2) is 14.3 Å². The number of H-pyrrole nitrogens is 1. The molecule has 0 unspecified atom stereocenters. The van der Waals surface area contributed by atoms with E-state index in [4.69, 9.17) is 4.74 Å². The maximum Gasteiger partial charge on any atom is 0.274 e. The van der Waals surface area contributed by atoms with Crippen LogP contribution < -0.4 is 10.3 Å². The summed E-state index contributed by atoms with van der Waals surface area (Å²) in [6.07, 6.45) is 5.03. The van der Waals surface area contributed by atoms with Gasteiger partial charge < -0.3 is 14.3 Å². The molecule has 160 valence electrons. The zero-order chi connectivity index (χ0) is 22.5. The molecule has 32 heavy (non-hydrogen) atoms.